The summed E-state index contributed by atoms with van der Waals surface area (Å²) in [6.07, 6.45) is 4.86. The maximum atomic E-state index is 12.1. The second kappa shape index (κ2) is 12.0. The zero-order valence-electron chi connectivity index (χ0n) is 14.7. The van der Waals surface area contributed by atoms with Gasteiger partial charge in [0.15, 0.2) is 0 Å². The SMILES string of the molecule is CCCNC(C)(CCCCOCCC(C)C)C(=O)OCC. The Kier molecular flexibility index (Phi) is 11.6. The molecule has 0 aliphatic carbocycles. The highest BCUT2D eigenvalue weighted by atomic mass is 16.5. The standard InChI is InChI=1S/C17H35NO3/c1-6-12-18-17(5,16(19)21-7-2)11-8-9-13-20-14-10-15(3)4/h15,18H,6-14H2,1-5H3. The van der Waals surface area contributed by atoms with Crippen LogP contribution in [0.1, 0.15) is 66.7 Å². The van der Waals surface area contributed by atoms with Gasteiger partial charge in [0.1, 0.15) is 5.54 Å². The van der Waals surface area contributed by atoms with Gasteiger partial charge >= 0.3 is 5.97 Å². The van der Waals surface area contributed by atoms with Crippen LogP contribution in [-0.2, 0) is 14.3 Å². The highest BCUT2D eigenvalue weighted by Gasteiger charge is 2.33. The number of esters is 1. The fourth-order valence-electron chi connectivity index (χ4n) is 2.06. The van der Waals surface area contributed by atoms with Crippen molar-refractivity contribution in [1.82, 2.24) is 5.32 Å². The lowest BCUT2D eigenvalue weighted by atomic mass is 9.94. The molecule has 0 aliphatic heterocycles. The van der Waals surface area contributed by atoms with Gasteiger partial charge in [-0.1, -0.05) is 20.8 Å². The Morgan fingerprint density at radius 1 is 1.19 bits per heavy atom. The summed E-state index contributed by atoms with van der Waals surface area (Å²) in [5.41, 5.74) is -0.566. The van der Waals surface area contributed by atoms with Crippen LogP contribution < -0.4 is 5.32 Å². The Labute approximate surface area is 131 Å². The second-order valence-electron chi connectivity index (χ2n) is 6.23. The molecule has 4 heteroatoms. The summed E-state index contributed by atoms with van der Waals surface area (Å²) in [6, 6.07) is 0. The van der Waals surface area contributed by atoms with E-state index in [2.05, 4.69) is 26.1 Å². The van der Waals surface area contributed by atoms with E-state index < -0.39 is 5.54 Å². The van der Waals surface area contributed by atoms with Crippen LogP contribution in [0.3, 0.4) is 0 Å². The lowest BCUT2D eigenvalue weighted by Gasteiger charge is -2.28. The van der Waals surface area contributed by atoms with Crippen molar-refractivity contribution in [3.8, 4) is 0 Å². The zero-order chi connectivity index (χ0) is 16.1. The first kappa shape index (κ1) is 20.4. The molecular formula is C17H35NO3. The third kappa shape index (κ3) is 9.86. The van der Waals surface area contributed by atoms with Gasteiger partial charge in [0, 0.05) is 13.2 Å². The van der Waals surface area contributed by atoms with Crippen LogP contribution in [0.5, 0.6) is 0 Å². The van der Waals surface area contributed by atoms with Crippen LogP contribution >= 0.6 is 0 Å². The molecule has 0 radical (unpaired) electrons. The van der Waals surface area contributed by atoms with E-state index in [0.29, 0.717) is 12.5 Å². The van der Waals surface area contributed by atoms with Crippen molar-refractivity contribution in [1.29, 1.82) is 0 Å². The minimum absolute atomic E-state index is 0.140. The highest BCUT2D eigenvalue weighted by molar-refractivity contribution is 5.80. The van der Waals surface area contributed by atoms with Crippen LogP contribution in [0.15, 0.2) is 0 Å². The highest BCUT2D eigenvalue weighted by Crippen LogP contribution is 2.16. The molecule has 4 nitrogen and oxygen atoms in total. The van der Waals surface area contributed by atoms with Crippen molar-refractivity contribution in [3.63, 3.8) is 0 Å². The van der Waals surface area contributed by atoms with Crippen molar-refractivity contribution in [2.24, 2.45) is 5.92 Å². The van der Waals surface area contributed by atoms with Gasteiger partial charge in [-0.2, -0.15) is 0 Å². The Bertz CT molecular complexity index is 269. The van der Waals surface area contributed by atoms with Crippen LogP contribution in [0, 0.1) is 5.92 Å². The molecular weight excluding hydrogens is 266 g/mol. The number of hydrogen-bond acceptors (Lipinski definition) is 4. The van der Waals surface area contributed by atoms with E-state index in [9.17, 15) is 4.79 Å². The summed E-state index contributed by atoms with van der Waals surface area (Å²) in [4.78, 5) is 12.1. The number of nitrogens with one attached hydrogen (secondary N) is 1. The summed E-state index contributed by atoms with van der Waals surface area (Å²) in [7, 11) is 0. The topological polar surface area (TPSA) is 47.6 Å². The molecule has 0 amide bonds. The van der Waals surface area contributed by atoms with Gasteiger partial charge in [0.05, 0.1) is 6.61 Å². The molecule has 0 saturated carbocycles. The molecule has 1 unspecified atom stereocenters. The van der Waals surface area contributed by atoms with Gasteiger partial charge in [-0.15, -0.1) is 0 Å². The van der Waals surface area contributed by atoms with E-state index in [1.54, 1.807) is 0 Å². The molecule has 0 bridgehead atoms. The molecule has 0 rings (SSSR count). The third-order valence-corrected chi connectivity index (χ3v) is 3.55. The Morgan fingerprint density at radius 3 is 2.48 bits per heavy atom. The fraction of sp³-hybridized carbons (Fsp3) is 0.941. The summed E-state index contributed by atoms with van der Waals surface area (Å²) in [5, 5.41) is 3.33. The smallest absolute Gasteiger partial charge is 0.326 e. The number of ether oxygens (including phenoxy) is 2. The minimum Gasteiger partial charge on any atom is -0.465 e. The molecule has 0 aromatic heterocycles. The fourth-order valence-corrected chi connectivity index (χ4v) is 2.06. The Hall–Kier alpha value is -0.610. The average molecular weight is 301 g/mol. The first-order valence-corrected chi connectivity index (χ1v) is 8.46. The normalized spacial score (nSPS) is 14.2. The maximum absolute atomic E-state index is 12.1. The molecule has 1 N–H and O–H groups in total. The lowest BCUT2D eigenvalue weighted by Crippen LogP contribution is -2.50. The molecule has 126 valence electrons. The van der Waals surface area contributed by atoms with Crippen molar-refractivity contribution >= 4 is 5.97 Å². The predicted octanol–water partition coefficient (Wildman–Crippen LogP) is 3.54. The summed E-state index contributed by atoms with van der Waals surface area (Å²) >= 11 is 0. The largest absolute Gasteiger partial charge is 0.465 e. The van der Waals surface area contributed by atoms with Gasteiger partial charge in [0.25, 0.3) is 0 Å². The molecule has 21 heavy (non-hydrogen) atoms. The number of hydrogen-bond donors (Lipinski definition) is 1. The summed E-state index contributed by atoms with van der Waals surface area (Å²) in [6.45, 7) is 13.2. The van der Waals surface area contributed by atoms with Crippen molar-refractivity contribution < 1.29 is 14.3 Å². The van der Waals surface area contributed by atoms with E-state index in [0.717, 1.165) is 51.9 Å². The second-order valence-corrected chi connectivity index (χ2v) is 6.23. The summed E-state index contributed by atoms with van der Waals surface area (Å²) < 4.78 is 10.8. The van der Waals surface area contributed by atoms with Gasteiger partial charge in [0.2, 0.25) is 0 Å². The predicted molar refractivity (Wildman–Crippen MR) is 87.5 cm³/mol. The zero-order valence-corrected chi connectivity index (χ0v) is 14.7. The lowest BCUT2D eigenvalue weighted by molar-refractivity contribution is -0.150. The molecule has 0 spiro atoms. The van der Waals surface area contributed by atoms with E-state index in [-0.39, 0.29) is 5.97 Å². The van der Waals surface area contributed by atoms with Crippen LogP contribution in [0.25, 0.3) is 0 Å². The van der Waals surface area contributed by atoms with Crippen LogP contribution in [0.4, 0.5) is 0 Å². The molecule has 0 aromatic rings. The van der Waals surface area contributed by atoms with Crippen LogP contribution in [0.2, 0.25) is 0 Å². The number of rotatable bonds is 13. The van der Waals surface area contributed by atoms with Crippen molar-refractivity contribution in [2.45, 2.75) is 72.3 Å². The van der Waals surface area contributed by atoms with E-state index in [1.165, 1.54) is 0 Å². The molecule has 0 saturated heterocycles. The summed E-state index contributed by atoms with van der Waals surface area (Å²) in [5.74, 6) is 0.550. The number of carbonyl (C=O) groups excluding carboxylic acids is 1. The third-order valence-electron chi connectivity index (χ3n) is 3.55. The Morgan fingerprint density at radius 2 is 1.90 bits per heavy atom. The van der Waals surface area contributed by atoms with Gasteiger partial charge in [-0.3, -0.25) is 4.79 Å². The van der Waals surface area contributed by atoms with Crippen molar-refractivity contribution in [3.05, 3.63) is 0 Å². The monoisotopic (exact) mass is 301 g/mol. The van der Waals surface area contributed by atoms with Crippen LogP contribution in [-0.4, -0.2) is 37.9 Å². The average Bonchev–Trinajstić information content (AvgIpc) is 2.44. The van der Waals surface area contributed by atoms with Gasteiger partial charge in [-0.25, -0.2) is 0 Å². The quantitative estimate of drug-likeness (QED) is 0.417. The van der Waals surface area contributed by atoms with E-state index >= 15 is 0 Å². The molecule has 0 heterocycles. The Balaban J connectivity index is 3.98. The van der Waals surface area contributed by atoms with E-state index in [1.807, 2.05) is 13.8 Å². The number of unbranched alkanes of at least 4 members (excludes halogenated alkanes) is 1. The molecule has 1 atom stereocenters. The molecule has 0 aromatic carbocycles. The molecule has 0 fully saturated rings. The number of carbonyl (C=O) groups is 1. The minimum atomic E-state index is -0.566. The maximum Gasteiger partial charge on any atom is 0.326 e. The molecule has 0 aliphatic rings. The van der Waals surface area contributed by atoms with Crippen molar-refractivity contribution in [2.75, 3.05) is 26.4 Å². The first-order valence-electron chi connectivity index (χ1n) is 8.46. The first-order chi connectivity index (χ1) is 9.96. The van der Waals surface area contributed by atoms with Gasteiger partial charge < -0.3 is 14.8 Å². The van der Waals surface area contributed by atoms with Gasteiger partial charge in [-0.05, 0) is 58.4 Å². The van der Waals surface area contributed by atoms with E-state index in [4.69, 9.17) is 9.47 Å².